The Morgan fingerprint density at radius 2 is 1.94 bits per heavy atom. The highest BCUT2D eigenvalue weighted by Gasteiger charge is 2.40. The van der Waals surface area contributed by atoms with E-state index < -0.39 is 0 Å². The van der Waals surface area contributed by atoms with Gasteiger partial charge in [-0.15, -0.1) is 0 Å². The molecule has 92 valence electrons. The summed E-state index contributed by atoms with van der Waals surface area (Å²) in [5.74, 6) is -0.623. The van der Waals surface area contributed by atoms with Gasteiger partial charge in [-0.2, -0.15) is 0 Å². The molecule has 1 saturated heterocycles. The summed E-state index contributed by atoms with van der Waals surface area (Å²) in [6, 6.07) is 0.0883. The fraction of sp³-hybridized carbons (Fsp3) is 0.909. The lowest BCUT2D eigenvalue weighted by molar-refractivity contribution is -0.179. The second-order valence-corrected chi connectivity index (χ2v) is 4.67. The minimum atomic E-state index is -0.325. The molecule has 0 aromatic carbocycles. The highest BCUT2D eigenvalue weighted by Crippen LogP contribution is 2.35. The van der Waals surface area contributed by atoms with Crippen molar-refractivity contribution in [2.75, 3.05) is 13.2 Å². The van der Waals surface area contributed by atoms with Crippen LogP contribution in [0.4, 0.5) is 0 Å². The molecule has 2 aliphatic rings. The van der Waals surface area contributed by atoms with Gasteiger partial charge in [-0.25, -0.2) is 0 Å². The number of primary amides is 1. The molecule has 1 aliphatic carbocycles. The largest absolute Gasteiger partial charge is 0.368 e. The van der Waals surface area contributed by atoms with Crippen LogP contribution in [0.15, 0.2) is 0 Å². The van der Waals surface area contributed by atoms with Crippen LogP contribution in [0.3, 0.4) is 0 Å². The fourth-order valence-corrected chi connectivity index (χ4v) is 2.45. The van der Waals surface area contributed by atoms with E-state index >= 15 is 0 Å². The Labute approximate surface area is 95.7 Å². The molecule has 1 saturated carbocycles. The molecule has 0 aromatic rings. The number of nitrogens with one attached hydrogen (secondary N) is 1. The lowest BCUT2D eigenvalue weighted by Crippen LogP contribution is -2.48. The Hall–Kier alpha value is -0.650. The minimum absolute atomic E-state index is 0.260. The van der Waals surface area contributed by atoms with Crippen LogP contribution in [-0.4, -0.2) is 37.0 Å². The fourth-order valence-electron chi connectivity index (χ4n) is 2.45. The van der Waals surface area contributed by atoms with Crippen LogP contribution >= 0.6 is 0 Å². The molecule has 1 amide bonds. The summed E-state index contributed by atoms with van der Waals surface area (Å²) in [4.78, 5) is 10.9. The van der Waals surface area contributed by atoms with Gasteiger partial charge in [0.05, 0.1) is 19.3 Å². The van der Waals surface area contributed by atoms with Crippen LogP contribution in [0.1, 0.15) is 32.6 Å². The predicted molar refractivity (Wildman–Crippen MR) is 58.7 cm³/mol. The summed E-state index contributed by atoms with van der Waals surface area (Å²) in [6.07, 6.45) is 3.74. The molecule has 1 atom stereocenters. The topological polar surface area (TPSA) is 73.6 Å². The van der Waals surface area contributed by atoms with E-state index in [1.165, 1.54) is 0 Å². The molecule has 16 heavy (non-hydrogen) atoms. The molecule has 2 fully saturated rings. The monoisotopic (exact) mass is 228 g/mol. The summed E-state index contributed by atoms with van der Waals surface area (Å²) in [7, 11) is 0. The van der Waals surface area contributed by atoms with Crippen LogP contribution in [0.5, 0.6) is 0 Å². The maximum Gasteiger partial charge on any atom is 0.234 e. The summed E-state index contributed by atoms with van der Waals surface area (Å²) >= 11 is 0. The SMILES string of the molecule is CC(NC1CCC2(CC1)OCCO2)C(N)=O. The third-order valence-electron chi connectivity index (χ3n) is 3.47. The molecule has 5 heteroatoms. The van der Waals surface area contributed by atoms with E-state index in [1.54, 1.807) is 6.92 Å². The number of nitrogens with two attached hydrogens (primary N) is 1. The molecule has 3 N–H and O–H groups in total. The van der Waals surface area contributed by atoms with Crippen molar-refractivity contribution in [3.05, 3.63) is 0 Å². The number of carbonyl (C=O) groups excluding carboxylic acids is 1. The quantitative estimate of drug-likeness (QED) is 0.720. The van der Waals surface area contributed by atoms with Crippen molar-refractivity contribution in [1.82, 2.24) is 5.32 Å². The van der Waals surface area contributed by atoms with Gasteiger partial charge in [0, 0.05) is 18.9 Å². The number of carbonyl (C=O) groups is 1. The van der Waals surface area contributed by atoms with Crippen molar-refractivity contribution >= 4 is 5.91 Å². The summed E-state index contributed by atoms with van der Waals surface area (Å²) in [6.45, 7) is 3.21. The van der Waals surface area contributed by atoms with Crippen LogP contribution in [-0.2, 0) is 14.3 Å². The first kappa shape index (κ1) is 11.8. The van der Waals surface area contributed by atoms with Crippen molar-refractivity contribution in [2.45, 2.75) is 50.5 Å². The Balaban J connectivity index is 1.78. The maximum absolute atomic E-state index is 10.9. The van der Waals surface area contributed by atoms with E-state index in [2.05, 4.69) is 5.32 Å². The number of hydrogen-bond acceptors (Lipinski definition) is 4. The standard InChI is InChI=1S/C11H20N2O3/c1-8(10(12)14)13-9-2-4-11(5-3-9)15-6-7-16-11/h8-9,13H,2-7H2,1H3,(H2,12,14). The van der Waals surface area contributed by atoms with Gasteiger partial charge in [0.2, 0.25) is 5.91 Å². The molecule has 1 heterocycles. The van der Waals surface area contributed by atoms with Crippen LogP contribution in [0, 0.1) is 0 Å². The van der Waals surface area contributed by atoms with E-state index in [9.17, 15) is 4.79 Å². The van der Waals surface area contributed by atoms with Gasteiger partial charge in [0.25, 0.3) is 0 Å². The van der Waals surface area contributed by atoms with E-state index in [-0.39, 0.29) is 17.7 Å². The van der Waals surface area contributed by atoms with Crippen LogP contribution in [0.25, 0.3) is 0 Å². The lowest BCUT2D eigenvalue weighted by Gasteiger charge is -2.36. The number of ether oxygens (including phenoxy) is 2. The molecule has 0 radical (unpaired) electrons. The third kappa shape index (κ3) is 2.53. The summed E-state index contributed by atoms with van der Waals surface area (Å²) < 4.78 is 11.3. The average molecular weight is 228 g/mol. The molecular weight excluding hydrogens is 208 g/mol. The average Bonchev–Trinajstić information content (AvgIpc) is 2.70. The second kappa shape index (κ2) is 4.69. The number of amides is 1. The van der Waals surface area contributed by atoms with Gasteiger partial charge in [-0.1, -0.05) is 0 Å². The molecular formula is C11H20N2O3. The lowest BCUT2D eigenvalue weighted by atomic mass is 9.89. The van der Waals surface area contributed by atoms with E-state index in [4.69, 9.17) is 15.2 Å². The van der Waals surface area contributed by atoms with Crippen molar-refractivity contribution in [3.8, 4) is 0 Å². The highest BCUT2D eigenvalue weighted by atomic mass is 16.7. The van der Waals surface area contributed by atoms with Crippen LogP contribution < -0.4 is 11.1 Å². The van der Waals surface area contributed by atoms with Gasteiger partial charge >= 0.3 is 0 Å². The zero-order chi connectivity index (χ0) is 11.6. The first-order chi connectivity index (χ1) is 7.61. The Morgan fingerprint density at radius 1 is 1.38 bits per heavy atom. The highest BCUT2D eigenvalue weighted by molar-refractivity contribution is 5.79. The molecule has 1 unspecified atom stereocenters. The molecule has 0 aromatic heterocycles. The molecule has 2 rings (SSSR count). The van der Waals surface area contributed by atoms with Crippen molar-refractivity contribution in [1.29, 1.82) is 0 Å². The minimum Gasteiger partial charge on any atom is -0.368 e. The summed E-state index contributed by atoms with van der Waals surface area (Å²) in [5.41, 5.74) is 5.22. The van der Waals surface area contributed by atoms with Gasteiger partial charge < -0.3 is 20.5 Å². The Morgan fingerprint density at radius 3 is 2.44 bits per heavy atom. The Bertz CT molecular complexity index is 254. The number of hydrogen-bond donors (Lipinski definition) is 2. The first-order valence-corrected chi connectivity index (χ1v) is 5.95. The van der Waals surface area contributed by atoms with Gasteiger partial charge in [0.15, 0.2) is 5.79 Å². The first-order valence-electron chi connectivity index (χ1n) is 5.95. The van der Waals surface area contributed by atoms with Crippen molar-refractivity contribution < 1.29 is 14.3 Å². The van der Waals surface area contributed by atoms with Crippen molar-refractivity contribution in [3.63, 3.8) is 0 Å². The maximum atomic E-state index is 10.9. The normalized spacial score (nSPS) is 27.1. The summed E-state index contributed by atoms with van der Waals surface area (Å²) in [5, 5.41) is 3.24. The zero-order valence-corrected chi connectivity index (χ0v) is 9.70. The molecule has 5 nitrogen and oxygen atoms in total. The smallest absolute Gasteiger partial charge is 0.234 e. The van der Waals surface area contributed by atoms with Gasteiger partial charge in [-0.05, 0) is 19.8 Å². The molecule has 1 spiro atoms. The van der Waals surface area contributed by atoms with E-state index in [0.29, 0.717) is 19.3 Å². The third-order valence-corrected chi connectivity index (χ3v) is 3.47. The van der Waals surface area contributed by atoms with Crippen LogP contribution in [0.2, 0.25) is 0 Å². The van der Waals surface area contributed by atoms with E-state index in [0.717, 1.165) is 25.7 Å². The Kier molecular flexibility index (Phi) is 3.47. The van der Waals surface area contributed by atoms with Gasteiger partial charge in [-0.3, -0.25) is 4.79 Å². The van der Waals surface area contributed by atoms with Crippen molar-refractivity contribution in [2.24, 2.45) is 5.73 Å². The van der Waals surface area contributed by atoms with E-state index in [1.807, 2.05) is 0 Å². The second-order valence-electron chi connectivity index (χ2n) is 4.67. The molecule has 0 bridgehead atoms. The van der Waals surface area contributed by atoms with Gasteiger partial charge in [0.1, 0.15) is 0 Å². The predicted octanol–water partition coefficient (Wildman–Crippen LogP) is 0.136. The number of rotatable bonds is 3. The zero-order valence-electron chi connectivity index (χ0n) is 9.70. The molecule has 1 aliphatic heterocycles.